The normalized spacial score (nSPS) is 40.4. The summed E-state index contributed by atoms with van der Waals surface area (Å²) in [5, 5.41) is 3.78. The Hall–Kier alpha value is -1.09. The van der Waals surface area contributed by atoms with E-state index < -0.39 is 0 Å². The second-order valence-electron chi connectivity index (χ2n) is 6.84. The van der Waals surface area contributed by atoms with Gasteiger partial charge in [-0.2, -0.15) is 0 Å². The van der Waals surface area contributed by atoms with E-state index in [1.807, 2.05) is 0 Å². The van der Waals surface area contributed by atoms with Gasteiger partial charge in [0.15, 0.2) is 0 Å². The van der Waals surface area contributed by atoms with Crippen LogP contribution in [-0.4, -0.2) is 17.6 Å². The Labute approximate surface area is 113 Å². The number of fused-ring (bicyclic) bond motifs is 1. The summed E-state index contributed by atoms with van der Waals surface area (Å²) in [5.41, 5.74) is 3.04. The molecular formula is C16H22N2O. The van der Waals surface area contributed by atoms with Crippen molar-refractivity contribution in [3.8, 4) is 0 Å². The van der Waals surface area contributed by atoms with Crippen LogP contribution in [0, 0.1) is 11.8 Å². The molecule has 1 saturated carbocycles. The molecule has 3 aliphatic rings. The number of hydrogen-bond acceptors (Lipinski definition) is 2. The molecule has 2 aliphatic carbocycles. The van der Waals surface area contributed by atoms with Gasteiger partial charge in [-0.15, -0.1) is 0 Å². The molecular weight excluding hydrogens is 236 g/mol. The molecule has 1 spiro atoms. The number of aromatic amines is 1. The molecule has 1 aromatic heterocycles. The lowest BCUT2D eigenvalue weighted by atomic mass is 9.57. The average Bonchev–Trinajstić information content (AvgIpc) is 2.68. The minimum Gasteiger partial charge on any atom is -0.326 e. The van der Waals surface area contributed by atoms with Crippen LogP contribution in [0.2, 0.25) is 0 Å². The Balaban J connectivity index is 1.88. The van der Waals surface area contributed by atoms with Crippen LogP contribution in [0.15, 0.2) is 16.9 Å². The van der Waals surface area contributed by atoms with E-state index in [4.69, 9.17) is 0 Å². The second-order valence-corrected chi connectivity index (χ2v) is 6.84. The topological polar surface area (TPSA) is 44.9 Å². The first-order valence-corrected chi connectivity index (χ1v) is 7.66. The molecule has 4 rings (SSSR count). The number of nitrogens with one attached hydrogen (secondary N) is 2. The Morgan fingerprint density at radius 2 is 2.21 bits per heavy atom. The quantitative estimate of drug-likeness (QED) is 0.747. The highest BCUT2D eigenvalue weighted by molar-refractivity contribution is 5.40. The Kier molecular flexibility index (Phi) is 2.44. The molecule has 0 bridgehead atoms. The van der Waals surface area contributed by atoms with Crippen LogP contribution in [0.25, 0.3) is 0 Å². The molecule has 0 amide bonds. The zero-order valence-corrected chi connectivity index (χ0v) is 11.5. The van der Waals surface area contributed by atoms with Crippen molar-refractivity contribution in [3.05, 3.63) is 33.7 Å². The molecule has 0 unspecified atom stereocenters. The van der Waals surface area contributed by atoms with Gasteiger partial charge < -0.3 is 10.3 Å². The Morgan fingerprint density at radius 1 is 1.32 bits per heavy atom. The molecule has 1 saturated heterocycles. The fourth-order valence-electron chi connectivity index (χ4n) is 5.16. The minimum absolute atomic E-state index is 0.0576. The van der Waals surface area contributed by atoms with Crippen molar-refractivity contribution in [1.82, 2.24) is 10.3 Å². The summed E-state index contributed by atoms with van der Waals surface area (Å²) >= 11 is 0. The molecule has 0 aromatic carbocycles. The number of rotatable bonds is 0. The van der Waals surface area contributed by atoms with Gasteiger partial charge in [0.1, 0.15) is 0 Å². The van der Waals surface area contributed by atoms with Gasteiger partial charge in [0.2, 0.25) is 5.56 Å². The first-order chi connectivity index (χ1) is 9.20. The predicted molar refractivity (Wildman–Crippen MR) is 75.4 cm³/mol. The van der Waals surface area contributed by atoms with Crippen molar-refractivity contribution in [2.45, 2.75) is 50.5 Å². The predicted octanol–water partition coefficient (Wildman–Crippen LogP) is 1.97. The van der Waals surface area contributed by atoms with Crippen molar-refractivity contribution in [3.63, 3.8) is 0 Å². The third kappa shape index (κ3) is 1.51. The Bertz CT molecular complexity index is 564. The van der Waals surface area contributed by atoms with E-state index in [0.717, 1.165) is 24.8 Å². The molecule has 1 aliphatic heterocycles. The lowest BCUT2D eigenvalue weighted by Gasteiger charge is -2.52. The third-order valence-electron chi connectivity index (χ3n) is 5.79. The summed E-state index contributed by atoms with van der Waals surface area (Å²) in [6, 6.07) is 4.45. The maximum absolute atomic E-state index is 11.6. The molecule has 102 valence electrons. The summed E-state index contributed by atoms with van der Waals surface area (Å²) in [4.78, 5) is 14.7. The van der Waals surface area contributed by atoms with Gasteiger partial charge in [-0.1, -0.05) is 13.0 Å². The standard InChI is InChI=1S/C16H22N2O/c1-10-7-11-9-13-12(3-4-15(19)18-13)16(11)5-2-6-17-14(16)8-10/h3-4,10-11,14,17H,2,5-9H2,1H3,(H,18,19)/t10-,11+,14+,16+/m1/s1. The average molecular weight is 258 g/mol. The molecule has 3 nitrogen and oxygen atoms in total. The summed E-state index contributed by atoms with van der Waals surface area (Å²) in [6.45, 7) is 3.54. The summed E-state index contributed by atoms with van der Waals surface area (Å²) in [5.74, 6) is 1.52. The van der Waals surface area contributed by atoms with E-state index in [9.17, 15) is 4.79 Å². The number of hydrogen-bond donors (Lipinski definition) is 2. The fraction of sp³-hybridized carbons (Fsp3) is 0.688. The summed E-state index contributed by atoms with van der Waals surface area (Å²) in [6.07, 6.45) is 6.24. The zero-order valence-electron chi connectivity index (χ0n) is 11.5. The van der Waals surface area contributed by atoms with E-state index in [-0.39, 0.29) is 5.56 Å². The lowest BCUT2D eigenvalue weighted by Crippen LogP contribution is -2.58. The van der Waals surface area contributed by atoms with Gasteiger partial charge in [0.05, 0.1) is 0 Å². The molecule has 0 radical (unpaired) electrons. The number of H-pyrrole nitrogens is 1. The first kappa shape index (κ1) is 11.7. The van der Waals surface area contributed by atoms with Crippen LogP contribution in [0.1, 0.15) is 43.9 Å². The van der Waals surface area contributed by atoms with Crippen LogP contribution in [-0.2, 0) is 11.8 Å². The van der Waals surface area contributed by atoms with Crippen molar-refractivity contribution >= 4 is 0 Å². The first-order valence-electron chi connectivity index (χ1n) is 7.66. The molecule has 2 N–H and O–H groups in total. The van der Waals surface area contributed by atoms with E-state index in [1.54, 1.807) is 6.07 Å². The highest BCUT2D eigenvalue weighted by Gasteiger charge is 2.55. The molecule has 3 heteroatoms. The zero-order chi connectivity index (χ0) is 13.0. The summed E-state index contributed by atoms with van der Waals surface area (Å²) in [7, 11) is 0. The van der Waals surface area contributed by atoms with Crippen molar-refractivity contribution in [2.24, 2.45) is 11.8 Å². The maximum Gasteiger partial charge on any atom is 0.248 e. The molecule has 19 heavy (non-hydrogen) atoms. The van der Waals surface area contributed by atoms with Crippen LogP contribution in [0.5, 0.6) is 0 Å². The van der Waals surface area contributed by atoms with Gasteiger partial charge in [0.25, 0.3) is 0 Å². The van der Waals surface area contributed by atoms with Crippen LogP contribution < -0.4 is 10.9 Å². The molecule has 2 fully saturated rings. The molecule has 4 atom stereocenters. The number of piperidine rings is 1. The van der Waals surface area contributed by atoms with E-state index in [0.29, 0.717) is 11.5 Å². The number of pyridine rings is 1. The van der Waals surface area contributed by atoms with E-state index in [2.05, 4.69) is 23.3 Å². The smallest absolute Gasteiger partial charge is 0.248 e. The van der Waals surface area contributed by atoms with Crippen molar-refractivity contribution in [1.29, 1.82) is 0 Å². The maximum atomic E-state index is 11.6. The second kappa shape index (κ2) is 3.95. The van der Waals surface area contributed by atoms with Crippen LogP contribution in [0.4, 0.5) is 0 Å². The summed E-state index contributed by atoms with van der Waals surface area (Å²) < 4.78 is 0. The van der Waals surface area contributed by atoms with Gasteiger partial charge >= 0.3 is 0 Å². The fourth-order valence-corrected chi connectivity index (χ4v) is 5.16. The minimum atomic E-state index is 0.0576. The number of aromatic nitrogens is 1. The van der Waals surface area contributed by atoms with Gasteiger partial charge in [0, 0.05) is 23.2 Å². The SMILES string of the molecule is C[C@@H]1C[C@H]2Cc3[nH]c(=O)ccc3[C@]23CCCN[C@H]3C1. The van der Waals surface area contributed by atoms with Gasteiger partial charge in [-0.05, 0) is 56.0 Å². The monoisotopic (exact) mass is 258 g/mol. The van der Waals surface area contributed by atoms with Gasteiger partial charge in [-0.3, -0.25) is 4.79 Å². The van der Waals surface area contributed by atoms with Crippen LogP contribution >= 0.6 is 0 Å². The molecule has 2 heterocycles. The van der Waals surface area contributed by atoms with Crippen molar-refractivity contribution < 1.29 is 0 Å². The highest BCUT2D eigenvalue weighted by Crippen LogP contribution is 2.55. The largest absolute Gasteiger partial charge is 0.326 e. The van der Waals surface area contributed by atoms with E-state index in [1.165, 1.54) is 36.9 Å². The molecule has 1 aromatic rings. The van der Waals surface area contributed by atoms with E-state index >= 15 is 0 Å². The highest BCUT2D eigenvalue weighted by atomic mass is 16.1. The van der Waals surface area contributed by atoms with Crippen LogP contribution in [0.3, 0.4) is 0 Å². The van der Waals surface area contributed by atoms with Gasteiger partial charge in [-0.25, -0.2) is 0 Å². The lowest BCUT2D eigenvalue weighted by molar-refractivity contribution is 0.0797. The van der Waals surface area contributed by atoms with Crippen molar-refractivity contribution in [2.75, 3.05) is 6.54 Å². The third-order valence-corrected chi connectivity index (χ3v) is 5.79. The Morgan fingerprint density at radius 3 is 3.11 bits per heavy atom.